The van der Waals surface area contributed by atoms with Crippen molar-refractivity contribution < 1.29 is 13.2 Å². The second-order valence-electron chi connectivity index (χ2n) is 7.53. The molecule has 0 saturated carbocycles. The van der Waals surface area contributed by atoms with Gasteiger partial charge in [-0.15, -0.1) is 17.9 Å². The highest BCUT2D eigenvalue weighted by atomic mass is 35.5. The Labute approximate surface area is 197 Å². The van der Waals surface area contributed by atoms with E-state index in [-0.39, 0.29) is 23.4 Å². The molecule has 0 bridgehead atoms. The average Bonchev–Trinajstić information content (AvgIpc) is 3.28. The number of sulfonamides is 1. The van der Waals surface area contributed by atoms with Gasteiger partial charge < -0.3 is 4.90 Å². The maximum atomic E-state index is 13.5. The molecule has 1 unspecified atom stereocenters. The molecule has 3 aromatic rings. The summed E-state index contributed by atoms with van der Waals surface area (Å²) in [5.74, 6) is -0.181. The number of thiophene rings is 1. The first-order valence-electron chi connectivity index (χ1n) is 10.2. The van der Waals surface area contributed by atoms with Crippen molar-refractivity contribution >= 4 is 44.6 Å². The fourth-order valence-corrected chi connectivity index (χ4v) is 6.72. The minimum atomic E-state index is -3.97. The van der Waals surface area contributed by atoms with Crippen LogP contribution in [0.15, 0.2) is 77.5 Å². The van der Waals surface area contributed by atoms with Gasteiger partial charge in [0, 0.05) is 17.0 Å². The van der Waals surface area contributed by atoms with Crippen LogP contribution in [0.4, 0.5) is 5.69 Å². The Balaban J connectivity index is 1.68. The van der Waals surface area contributed by atoms with Gasteiger partial charge in [0.05, 0.1) is 28.2 Å². The third-order valence-electron chi connectivity index (χ3n) is 5.62. The zero-order chi connectivity index (χ0) is 22.9. The molecule has 0 N–H and O–H groups in total. The third-order valence-corrected chi connectivity index (χ3v) is 8.71. The molecule has 0 aliphatic carbocycles. The summed E-state index contributed by atoms with van der Waals surface area (Å²) in [6.45, 7) is 6.34. The van der Waals surface area contributed by atoms with Crippen LogP contribution < -0.4 is 4.31 Å². The highest BCUT2D eigenvalue weighted by molar-refractivity contribution is 7.92. The van der Waals surface area contributed by atoms with E-state index in [1.165, 1.54) is 27.4 Å². The molecule has 2 heterocycles. The SMILES string of the molecule is C=CCN(c1ccccc1Cl)S(=O)(=O)c1cccc(C(=O)N2CCc3sccc3C2C)c1. The molecule has 32 heavy (non-hydrogen) atoms. The number of para-hydroxylation sites is 1. The number of halogens is 1. The number of rotatable bonds is 6. The molecule has 0 saturated heterocycles. The molecule has 1 aliphatic heterocycles. The van der Waals surface area contributed by atoms with E-state index in [1.807, 2.05) is 12.3 Å². The topological polar surface area (TPSA) is 57.7 Å². The highest BCUT2D eigenvalue weighted by Crippen LogP contribution is 2.34. The summed E-state index contributed by atoms with van der Waals surface area (Å²) in [6, 6.07) is 14.9. The van der Waals surface area contributed by atoms with E-state index in [0.717, 1.165) is 12.0 Å². The first-order chi connectivity index (χ1) is 15.3. The van der Waals surface area contributed by atoms with Gasteiger partial charge in [-0.05, 0) is 60.7 Å². The lowest BCUT2D eigenvalue weighted by molar-refractivity contribution is 0.0679. The Morgan fingerprint density at radius 1 is 1.25 bits per heavy atom. The largest absolute Gasteiger partial charge is 0.331 e. The minimum Gasteiger partial charge on any atom is -0.331 e. The Kier molecular flexibility index (Phi) is 6.42. The summed E-state index contributed by atoms with van der Waals surface area (Å²) in [7, 11) is -3.97. The van der Waals surface area contributed by atoms with E-state index in [4.69, 9.17) is 11.6 Å². The fraction of sp³-hybridized carbons (Fsp3) is 0.208. The first-order valence-corrected chi connectivity index (χ1v) is 12.9. The average molecular weight is 487 g/mol. The van der Waals surface area contributed by atoms with Crippen LogP contribution in [0.2, 0.25) is 5.02 Å². The number of carbonyl (C=O) groups is 1. The third kappa shape index (κ3) is 4.08. The summed E-state index contributed by atoms with van der Waals surface area (Å²) in [5.41, 5.74) is 1.86. The van der Waals surface area contributed by atoms with Crippen molar-refractivity contribution in [3.63, 3.8) is 0 Å². The summed E-state index contributed by atoms with van der Waals surface area (Å²) in [4.78, 5) is 16.5. The molecule has 166 valence electrons. The zero-order valence-corrected chi connectivity index (χ0v) is 20.0. The van der Waals surface area contributed by atoms with Crippen LogP contribution in [0.1, 0.15) is 33.8 Å². The lowest BCUT2D eigenvalue weighted by atomic mass is 10.0. The second kappa shape index (κ2) is 9.10. The molecule has 0 radical (unpaired) electrons. The van der Waals surface area contributed by atoms with Crippen molar-refractivity contribution in [2.45, 2.75) is 24.3 Å². The van der Waals surface area contributed by atoms with Crippen molar-refractivity contribution in [1.82, 2.24) is 4.90 Å². The molecule has 1 aliphatic rings. The lowest BCUT2D eigenvalue weighted by Crippen LogP contribution is -2.38. The van der Waals surface area contributed by atoms with Gasteiger partial charge in [-0.2, -0.15) is 0 Å². The Morgan fingerprint density at radius 3 is 2.78 bits per heavy atom. The normalized spacial score (nSPS) is 15.8. The number of anilines is 1. The van der Waals surface area contributed by atoms with Gasteiger partial charge in [0.15, 0.2) is 0 Å². The van der Waals surface area contributed by atoms with E-state index in [9.17, 15) is 13.2 Å². The molecular formula is C24H23ClN2O3S2. The summed E-state index contributed by atoms with van der Waals surface area (Å²) < 4.78 is 28.2. The maximum absolute atomic E-state index is 13.5. The quantitative estimate of drug-likeness (QED) is 0.430. The van der Waals surface area contributed by atoms with Crippen LogP contribution in [0.5, 0.6) is 0 Å². The monoisotopic (exact) mass is 486 g/mol. The molecule has 0 spiro atoms. The molecule has 8 heteroatoms. The van der Waals surface area contributed by atoms with Crippen molar-refractivity contribution in [2.75, 3.05) is 17.4 Å². The van der Waals surface area contributed by atoms with Gasteiger partial charge >= 0.3 is 0 Å². The number of hydrogen-bond acceptors (Lipinski definition) is 4. The van der Waals surface area contributed by atoms with Gasteiger partial charge in [0.2, 0.25) is 0 Å². The maximum Gasteiger partial charge on any atom is 0.264 e. The molecule has 5 nitrogen and oxygen atoms in total. The molecule has 4 rings (SSSR count). The molecule has 2 aromatic carbocycles. The van der Waals surface area contributed by atoms with Crippen LogP contribution in [0.25, 0.3) is 0 Å². The van der Waals surface area contributed by atoms with Gasteiger partial charge in [-0.25, -0.2) is 8.42 Å². The van der Waals surface area contributed by atoms with Gasteiger partial charge in [0.1, 0.15) is 0 Å². The molecular weight excluding hydrogens is 464 g/mol. The standard InChI is InChI=1S/C24H23ClN2O3S2/c1-3-13-27(22-10-5-4-9-21(22)25)32(29,30)19-8-6-7-18(16-19)24(28)26-14-11-23-20(17(26)2)12-15-31-23/h3-10,12,15-17H,1,11,13-14H2,2H3. The Bertz CT molecular complexity index is 1270. The van der Waals surface area contributed by atoms with E-state index >= 15 is 0 Å². The predicted octanol–water partition coefficient (Wildman–Crippen LogP) is 5.54. The van der Waals surface area contributed by atoms with Gasteiger partial charge in [-0.3, -0.25) is 9.10 Å². The lowest BCUT2D eigenvalue weighted by Gasteiger charge is -2.34. The van der Waals surface area contributed by atoms with Crippen molar-refractivity contribution in [3.8, 4) is 0 Å². The number of amides is 1. The van der Waals surface area contributed by atoms with Gasteiger partial charge in [-0.1, -0.05) is 35.9 Å². The molecule has 0 fully saturated rings. The van der Waals surface area contributed by atoms with E-state index in [0.29, 0.717) is 22.8 Å². The second-order valence-corrected chi connectivity index (χ2v) is 10.8. The van der Waals surface area contributed by atoms with E-state index in [1.54, 1.807) is 52.6 Å². The molecule has 1 atom stereocenters. The number of carbonyl (C=O) groups excluding carboxylic acids is 1. The summed E-state index contributed by atoms with van der Waals surface area (Å²) >= 11 is 7.99. The van der Waals surface area contributed by atoms with E-state index < -0.39 is 10.0 Å². The van der Waals surface area contributed by atoms with E-state index in [2.05, 4.69) is 12.6 Å². The van der Waals surface area contributed by atoms with Crippen molar-refractivity contribution in [1.29, 1.82) is 0 Å². The number of benzene rings is 2. The van der Waals surface area contributed by atoms with Crippen LogP contribution >= 0.6 is 22.9 Å². The smallest absolute Gasteiger partial charge is 0.264 e. The van der Waals surface area contributed by atoms with Crippen LogP contribution in [0, 0.1) is 0 Å². The summed E-state index contributed by atoms with van der Waals surface area (Å²) in [5, 5.41) is 2.37. The number of nitrogens with zero attached hydrogens (tertiary/aromatic N) is 2. The van der Waals surface area contributed by atoms with Crippen molar-refractivity contribution in [3.05, 3.63) is 93.7 Å². The molecule has 1 amide bonds. The molecule has 1 aromatic heterocycles. The number of fused-ring (bicyclic) bond motifs is 1. The number of hydrogen-bond donors (Lipinski definition) is 0. The van der Waals surface area contributed by atoms with Crippen LogP contribution in [0.3, 0.4) is 0 Å². The van der Waals surface area contributed by atoms with Gasteiger partial charge in [0.25, 0.3) is 15.9 Å². The first kappa shape index (κ1) is 22.6. The predicted molar refractivity (Wildman–Crippen MR) is 130 cm³/mol. The Hall–Kier alpha value is -2.61. The van der Waals surface area contributed by atoms with Crippen LogP contribution in [-0.4, -0.2) is 32.3 Å². The minimum absolute atomic E-state index is 0.0333. The van der Waals surface area contributed by atoms with Crippen LogP contribution in [-0.2, 0) is 16.4 Å². The van der Waals surface area contributed by atoms with Crippen molar-refractivity contribution in [2.24, 2.45) is 0 Å². The Morgan fingerprint density at radius 2 is 2.03 bits per heavy atom. The summed E-state index contributed by atoms with van der Waals surface area (Å²) in [6.07, 6.45) is 2.31. The highest BCUT2D eigenvalue weighted by Gasteiger charge is 2.31. The fourth-order valence-electron chi connectivity index (χ4n) is 3.97. The zero-order valence-electron chi connectivity index (χ0n) is 17.6.